The van der Waals surface area contributed by atoms with Crippen LogP contribution < -0.4 is 5.32 Å². The maximum Gasteiger partial charge on any atom is 0.0438 e. The number of rotatable bonds is 7. The second-order valence-corrected chi connectivity index (χ2v) is 6.42. The highest BCUT2D eigenvalue weighted by atomic mass is 32.2. The Morgan fingerprint density at radius 3 is 3.06 bits per heavy atom. The standard InChI is InChI=1S/C13H26N2OS/c16-8-2-9-17-10-5-14-12-4-7-15-6-1-3-13(15)11-12/h12-14,16H,1-11H2. The number of hydrogen-bond donors (Lipinski definition) is 2. The summed E-state index contributed by atoms with van der Waals surface area (Å²) in [6.45, 7) is 4.11. The molecule has 0 radical (unpaired) electrons. The van der Waals surface area contributed by atoms with Crippen LogP contribution >= 0.6 is 11.8 Å². The molecule has 2 unspecified atom stereocenters. The molecule has 2 aliphatic heterocycles. The van der Waals surface area contributed by atoms with Gasteiger partial charge in [0.25, 0.3) is 0 Å². The fourth-order valence-electron chi connectivity index (χ4n) is 3.01. The number of nitrogens with one attached hydrogen (secondary N) is 1. The van der Waals surface area contributed by atoms with Gasteiger partial charge in [-0.2, -0.15) is 11.8 Å². The topological polar surface area (TPSA) is 35.5 Å². The maximum atomic E-state index is 8.68. The van der Waals surface area contributed by atoms with Gasteiger partial charge < -0.3 is 15.3 Å². The van der Waals surface area contributed by atoms with E-state index in [4.69, 9.17) is 5.11 Å². The van der Waals surface area contributed by atoms with E-state index in [0.29, 0.717) is 6.61 Å². The Kier molecular flexibility index (Phi) is 6.12. The van der Waals surface area contributed by atoms with E-state index in [0.717, 1.165) is 30.8 Å². The van der Waals surface area contributed by atoms with E-state index in [-0.39, 0.29) is 0 Å². The summed E-state index contributed by atoms with van der Waals surface area (Å²) in [5, 5.41) is 12.4. The zero-order chi connectivity index (χ0) is 11.9. The molecular weight excluding hydrogens is 232 g/mol. The highest BCUT2D eigenvalue weighted by Crippen LogP contribution is 2.26. The molecule has 0 bridgehead atoms. The summed E-state index contributed by atoms with van der Waals surface area (Å²) >= 11 is 1.95. The number of fused-ring (bicyclic) bond motifs is 1. The molecule has 2 rings (SSSR count). The van der Waals surface area contributed by atoms with Crippen LogP contribution in [0, 0.1) is 0 Å². The minimum Gasteiger partial charge on any atom is -0.396 e. The van der Waals surface area contributed by atoms with Crippen molar-refractivity contribution < 1.29 is 5.11 Å². The number of aliphatic hydroxyl groups excluding tert-OH is 1. The maximum absolute atomic E-state index is 8.68. The van der Waals surface area contributed by atoms with E-state index in [2.05, 4.69) is 10.2 Å². The summed E-state index contributed by atoms with van der Waals surface area (Å²) < 4.78 is 0. The van der Waals surface area contributed by atoms with Crippen LogP contribution in [0.15, 0.2) is 0 Å². The van der Waals surface area contributed by atoms with Crippen molar-refractivity contribution in [2.75, 3.05) is 37.7 Å². The minimum atomic E-state index is 0.334. The predicted octanol–water partition coefficient (Wildman–Crippen LogP) is 1.32. The third-order valence-corrected chi connectivity index (χ3v) is 5.02. The largest absolute Gasteiger partial charge is 0.396 e. The molecular formula is C13H26N2OS. The van der Waals surface area contributed by atoms with Gasteiger partial charge in [-0.05, 0) is 50.9 Å². The van der Waals surface area contributed by atoms with Gasteiger partial charge in [0.05, 0.1) is 0 Å². The third kappa shape index (κ3) is 4.43. The van der Waals surface area contributed by atoms with Crippen molar-refractivity contribution in [1.29, 1.82) is 0 Å². The molecule has 0 saturated carbocycles. The van der Waals surface area contributed by atoms with Crippen LogP contribution in [0.1, 0.15) is 32.1 Å². The summed E-state index contributed by atoms with van der Waals surface area (Å²) in [5.41, 5.74) is 0. The molecule has 0 aromatic rings. The molecule has 4 heteroatoms. The number of hydrogen-bond acceptors (Lipinski definition) is 4. The van der Waals surface area contributed by atoms with Crippen LogP contribution in [-0.4, -0.2) is 59.8 Å². The summed E-state index contributed by atoms with van der Waals surface area (Å²) in [7, 11) is 0. The average molecular weight is 258 g/mol. The van der Waals surface area contributed by atoms with E-state index >= 15 is 0 Å². The Morgan fingerprint density at radius 2 is 2.18 bits per heavy atom. The number of thioether (sulfide) groups is 1. The van der Waals surface area contributed by atoms with Crippen molar-refractivity contribution >= 4 is 11.8 Å². The lowest BCUT2D eigenvalue weighted by molar-refractivity contribution is 0.168. The van der Waals surface area contributed by atoms with E-state index in [1.807, 2.05) is 11.8 Å². The molecule has 2 atom stereocenters. The molecule has 0 aliphatic carbocycles. The van der Waals surface area contributed by atoms with Gasteiger partial charge in [-0.15, -0.1) is 0 Å². The van der Waals surface area contributed by atoms with Gasteiger partial charge in [0.1, 0.15) is 0 Å². The van der Waals surface area contributed by atoms with Gasteiger partial charge in [-0.3, -0.25) is 0 Å². The van der Waals surface area contributed by atoms with Gasteiger partial charge in [0, 0.05) is 31.0 Å². The minimum absolute atomic E-state index is 0.334. The first-order chi connectivity index (χ1) is 8.40. The molecule has 0 spiro atoms. The molecule has 2 heterocycles. The van der Waals surface area contributed by atoms with Crippen LogP contribution in [0.2, 0.25) is 0 Å². The molecule has 17 heavy (non-hydrogen) atoms. The van der Waals surface area contributed by atoms with Gasteiger partial charge in [-0.1, -0.05) is 0 Å². The second kappa shape index (κ2) is 7.62. The quantitative estimate of drug-likeness (QED) is 0.675. The molecule has 0 aromatic carbocycles. The first kappa shape index (κ1) is 13.7. The Morgan fingerprint density at radius 1 is 1.24 bits per heavy atom. The third-order valence-electron chi connectivity index (χ3n) is 3.95. The molecule has 3 nitrogen and oxygen atoms in total. The SMILES string of the molecule is OCCCSCCNC1CCN2CCCC2C1. The van der Waals surface area contributed by atoms with Crippen molar-refractivity contribution in [1.82, 2.24) is 10.2 Å². The van der Waals surface area contributed by atoms with Crippen molar-refractivity contribution in [3.05, 3.63) is 0 Å². The zero-order valence-corrected chi connectivity index (χ0v) is 11.6. The predicted molar refractivity (Wildman–Crippen MR) is 74.6 cm³/mol. The average Bonchev–Trinajstić information content (AvgIpc) is 2.81. The highest BCUT2D eigenvalue weighted by molar-refractivity contribution is 7.99. The van der Waals surface area contributed by atoms with E-state index in [9.17, 15) is 0 Å². The smallest absolute Gasteiger partial charge is 0.0438 e. The molecule has 0 aromatic heterocycles. The Bertz CT molecular complexity index is 216. The van der Waals surface area contributed by atoms with Crippen LogP contribution in [0.4, 0.5) is 0 Å². The van der Waals surface area contributed by atoms with Crippen molar-refractivity contribution in [2.45, 2.75) is 44.2 Å². The zero-order valence-electron chi connectivity index (χ0n) is 10.7. The molecule has 2 N–H and O–H groups in total. The Hall–Kier alpha value is 0.230. The highest BCUT2D eigenvalue weighted by Gasteiger charge is 2.31. The molecule has 0 amide bonds. The first-order valence-corrected chi connectivity index (χ1v) is 8.21. The van der Waals surface area contributed by atoms with E-state index in [1.54, 1.807) is 0 Å². The summed E-state index contributed by atoms with van der Waals surface area (Å²) in [4.78, 5) is 2.67. The number of aliphatic hydroxyl groups is 1. The normalized spacial score (nSPS) is 29.5. The first-order valence-electron chi connectivity index (χ1n) is 7.06. The summed E-state index contributed by atoms with van der Waals surface area (Å²) in [5.74, 6) is 2.28. The monoisotopic (exact) mass is 258 g/mol. The van der Waals surface area contributed by atoms with Crippen molar-refractivity contribution in [3.8, 4) is 0 Å². The van der Waals surface area contributed by atoms with Gasteiger partial charge >= 0.3 is 0 Å². The van der Waals surface area contributed by atoms with Crippen LogP contribution in [-0.2, 0) is 0 Å². The summed E-state index contributed by atoms with van der Waals surface area (Å²) in [6.07, 6.45) is 6.46. The fraction of sp³-hybridized carbons (Fsp3) is 1.00. The molecule has 2 saturated heterocycles. The lowest BCUT2D eigenvalue weighted by atomic mass is 9.98. The van der Waals surface area contributed by atoms with Gasteiger partial charge in [-0.25, -0.2) is 0 Å². The van der Waals surface area contributed by atoms with Crippen molar-refractivity contribution in [3.63, 3.8) is 0 Å². The molecule has 100 valence electrons. The lowest BCUT2D eigenvalue weighted by Gasteiger charge is -2.35. The van der Waals surface area contributed by atoms with Gasteiger partial charge in [0.15, 0.2) is 0 Å². The lowest BCUT2D eigenvalue weighted by Crippen LogP contribution is -2.46. The number of piperidine rings is 1. The van der Waals surface area contributed by atoms with Crippen molar-refractivity contribution in [2.24, 2.45) is 0 Å². The van der Waals surface area contributed by atoms with Gasteiger partial charge in [0.2, 0.25) is 0 Å². The van der Waals surface area contributed by atoms with E-state index < -0.39 is 0 Å². The fourth-order valence-corrected chi connectivity index (χ4v) is 3.81. The van der Waals surface area contributed by atoms with Crippen LogP contribution in [0.25, 0.3) is 0 Å². The second-order valence-electron chi connectivity index (χ2n) is 5.20. The Balaban J connectivity index is 1.51. The summed E-state index contributed by atoms with van der Waals surface area (Å²) in [6, 6.07) is 1.64. The Labute approximate surface area is 109 Å². The number of nitrogens with zero attached hydrogens (tertiary/aromatic N) is 1. The van der Waals surface area contributed by atoms with Crippen LogP contribution in [0.5, 0.6) is 0 Å². The molecule has 2 aliphatic rings. The molecule has 2 fully saturated rings. The van der Waals surface area contributed by atoms with Crippen LogP contribution in [0.3, 0.4) is 0 Å². The van der Waals surface area contributed by atoms with E-state index in [1.165, 1.54) is 44.5 Å².